The molecule has 2 aliphatic carbocycles. The Morgan fingerprint density at radius 2 is 1.93 bits per heavy atom. The van der Waals surface area contributed by atoms with E-state index in [1.165, 1.54) is 13.0 Å². The first-order valence-electron chi connectivity index (χ1n) is 9.13. The number of anilines is 1. The fourth-order valence-corrected chi connectivity index (χ4v) is 4.78. The number of nitrogens with one attached hydrogen (secondary N) is 1. The van der Waals surface area contributed by atoms with Crippen molar-refractivity contribution in [2.45, 2.75) is 39.2 Å². The lowest BCUT2D eigenvalue weighted by Crippen LogP contribution is -2.45. The number of hydrogen-bond donors (Lipinski definition) is 1. The fourth-order valence-electron chi connectivity index (χ4n) is 4.78. The number of aryl methyl sites for hydroxylation is 1. The monoisotopic (exact) mass is 375 g/mol. The lowest BCUT2D eigenvalue weighted by Gasteiger charge is -2.22. The molecule has 0 radical (unpaired) electrons. The molecule has 1 aromatic heterocycles. The number of nitrogens with zero attached hydrogens (tertiary/aromatic N) is 2. The molecule has 0 spiro atoms. The van der Waals surface area contributed by atoms with Crippen molar-refractivity contribution in [1.29, 1.82) is 0 Å². The quantitative estimate of drug-likeness (QED) is 0.599. The molecule has 2 saturated carbocycles. The minimum Gasteiger partial charge on any atom is -0.454 e. The Morgan fingerprint density at radius 1 is 1.30 bits per heavy atom. The van der Waals surface area contributed by atoms with Crippen LogP contribution < -0.4 is 5.32 Å². The van der Waals surface area contributed by atoms with Gasteiger partial charge in [0.2, 0.25) is 11.8 Å². The van der Waals surface area contributed by atoms with Gasteiger partial charge in [-0.05, 0) is 44.9 Å². The van der Waals surface area contributed by atoms with Crippen molar-refractivity contribution < 1.29 is 28.4 Å². The number of hydrogen-bond acceptors (Lipinski definition) is 7. The summed E-state index contributed by atoms with van der Waals surface area (Å²) in [4.78, 5) is 50.6. The number of carbonyl (C=O) groups is 4. The Labute approximate surface area is 155 Å². The smallest absolute Gasteiger partial charge is 0.329 e. The summed E-state index contributed by atoms with van der Waals surface area (Å²) in [5.74, 6) is -1.24. The van der Waals surface area contributed by atoms with Gasteiger partial charge in [0.15, 0.2) is 12.4 Å². The van der Waals surface area contributed by atoms with Crippen molar-refractivity contribution in [3.8, 4) is 0 Å². The van der Waals surface area contributed by atoms with Gasteiger partial charge in [-0.3, -0.25) is 19.3 Å². The van der Waals surface area contributed by atoms with Crippen LogP contribution in [-0.2, 0) is 23.9 Å². The summed E-state index contributed by atoms with van der Waals surface area (Å²) in [5, 5.41) is 6.04. The first-order valence-corrected chi connectivity index (χ1v) is 9.13. The average molecular weight is 375 g/mol. The van der Waals surface area contributed by atoms with Gasteiger partial charge in [-0.2, -0.15) is 0 Å². The predicted molar refractivity (Wildman–Crippen MR) is 90.0 cm³/mol. The van der Waals surface area contributed by atoms with Crippen LogP contribution in [0.4, 0.5) is 5.82 Å². The number of likely N-dealkylation sites (tertiary alicyclic amines) is 1. The van der Waals surface area contributed by atoms with E-state index in [2.05, 4.69) is 10.5 Å². The molecule has 4 rings (SSSR count). The van der Waals surface area contributed by atoms with Gasteiger partial charge in [0, 0.05) is 6.07 Å². The van der Waals surface area contributed by atoms with Crippen LogP contribution >= 0.6 is 0 Å². The Balaban J connectivity index is 1.34. The van der Waals surface area contributed by atoms with Crippen LogP contribution in [0, 0.1) is 30.6 Å². The zero-order chi connectivity index (χ0) is 19.3. The first-order chi connectivity index (χ1) is 12.9. The summed E-state index contributed by atoms with van der Waals surface area (Å²) >= 11 is 0. The normalized spacial score (nSPS) is 29.8. The van der Waals surface area contributed by atoms with Gasteiger partial charge in [-0.15, -0.1) is 0 Å². The number of carbonyl (C=O) groups excluding carboxylic acids is 4. The zero-order valence-electron chi connectivity index (χ0n) is 15.1. The number of rotatable bonds is 5. The van der Waals surface area contributed by atoms with Crippen LogP contribution in [0.3, 0.4) is 0 Å². The molecule has 0 unspecified atom stereocenters. The number of esters is 1. The van der Waals surface area contributed by atoms with Crippen molar-refractivity contribution in [3.05, 3.63) is 11.8 Å². The third-order valence-electron chi connectivity index (χ3n) is 5.93. The molecule has 2 heterocycles. The van der Waals surface area contributed by atoms with Crippen molar-refractivity contribution in [2.75, 3.05) is 11.9 Å². The van der Waals surface area contributed by atoms with E-state index >= 15 is 0 Å². The minimum absolute atomic E-state index is 0.217. The van der Waals surface area contributed by atoms with Crippen LogP contribution in [0.5, 0.6) is 0 Å². The number of aromatic nitrogens is 1. The second-order valence-electron chi connectivity index (χ2n) is 7.59. The third kappa shape index (κ3) is 2.90. The molecular formula is C18H21N3O6. The van der Waals surface area contributed by atoms with Gasteiger partial charge >= 0.3 is 5.97 Å². The van der Waals surface area contributed by atoms with Gasteiger partial charge in [-0.1, -0.05) is 5.16 Å². The SMILES string of the molecule is Cc1cc(NC(=O)COC(=O)[C@H](C)N2C(=O)[C@H]3[C@H]4CC[C@@H](C4)[C@@H]3C2=O)no1. The van der Waals surface area contributed by atoms with Gasteiger partial charge < -0.3 is 14.6 Å². The topological polar surface area (TPSA) is 119 Å². The predicted octanol–water partition coefficient (Wildman–Crippen LogP) is 0.884. The molecule has 3 fully saturated rings. The average Bonchev–Trinajstić information content (AvgIpc) is 3.38. The lowest BCUT2D eigenvalue weighted by atomic mass is 9.81. The van der Waals surface area contributed by atoms with E-state index in [1.54, 1.807) is 6.92 Å². The molecule has 2 bridgehead atoms. The number of amides is 3. The van der Waals surface area contributed by atoms with Crippen LogP contribution in [0.1, 0.15) is 31.9 Å². The molecule has 9 heteroatoms. The highest BCUT2D eigenvalue weighted by molar-refractivity contribution is 6.08. The van der Waals surface area contributed by atoms with E-state index in [4.69, 9.17) is 9.26 Å². The van der Waals surface area contributed by atoms with Crippen LogP contribution in [0.15, 0.2) is 10.6 Å². The molecule has 144 valence electrons. The molecule has 3 amide bonds. The Kier molecular flexibility index (Phi) is 4.24. The molecule has 1 aliphatic heterocycles. The summed E-state index contributed by atoms with van der Waals surface area (Å²) in [6.07, 6.45) is 2.87. The van der Waals surface area contributed by atoms with E-state index in [9.17, 15) is 19.2 Å². The molecule has 1 saturated heterocycles. The van der Waals surface area contributed by atoms with Crippen LogP contribution in [-0.4, -0.2) is 46.4 Å². The van der Waals surface area contributed by atoms with Gasteiger partial charge in [0.05, 0.1) is 11.8 Å². The molecular weight excluding hydrogens is 354 g/mol. The Bertz CT molecular complexity index is 790. The van der Waals surface area contributed by atoms with Crippen molar-refractivity contribution in [2.24, 2.45) is 23.7 Å². The van der Waals surface area contributed by atoms with E-state index < -0.39 is 24.5 Å². The summed E-state index contributed by atoms with van der Waals surface area (Å²) in [7, 11) is 0. The summed E-state index contributed by atoms with van der Waals surface area (Å²) in [5.41, 5.74) is 0. The minimum atomic E-state index is -1.04. The van der Waals surface area contributed by atoms with Gasteiger partial charge in [0.25, 0.3) is 5.91 Å². The van der Waals surface area contributed by atoms with Gasteiger partial charge in [-0.25, -0.2) is 4.79 Å². The Hall–Kier alpha value is -2.71. The van der Waals surface area contributed by atoms with Crippen molar-refractivity contribution >= 4 is 29.5 Å². The van der Waals surface area contributed by atoms with Gasteiger partial charge in [0.1, 0.15) is 11.8 Å². The second kappa shape index (κ2) is 6.47. The molecule has 27 heavy (non-hydrogen) atoms. The van der Waals surface area contributed by atoms with E-state index in [0.29, 0.717) is 5.76 Å². The van der Waals surface area contributed by atoms with Crippen LogP contribution in [0.2, 0.25) is 0 Å². The molecule has 1 aromatic rings. The highest BCUT2D eigenvalue weighted by Crippen LogP contribution is 2.56. The maximum absolute atomic E-state index is 12.7. The third-order valence-corrected chi connectivity index (χ3v) is 5.93. The lowest BCUT2D eigenvalue weighted by molar-refractivity contribution is -0.159. The fraction of sp³-hybridized carbons (Fsp3) is 0.611. The summed E-state index contributed by atoms with van der Waals surface area (Å²) in [6, 6.07) is 0.480. The first kappa shape index (κ1) is 17.7. The number of ether oxygens (including phenoxy) is 1. The molecule has 9 nitrogen and oxygen atoms in total. The van der Waals surface area contributed by atoms with E-state index in [-0.39, 0.29) is 41.3 Å². The Morgan fingerprint density at radius 3 is 2.48 bits per heavy atom. The van der Waals surface area contributed by atoms with Crippen molar-refractivity contribution in [1.82, 2.24) is 10.1 Å². The number of fused-ring (bicyclic) bond motifs is 5. The van der Waals surface area contributed by atoms with E-state index in [0.717, 1.165) is 24.2 Å². The number of imide groups is 1. The maximum Gasteiger partial charge on any atom is 0.329 e. The molecule has 0 aromatic carbocycles. The molecule has 5 atom stereocenters. The molecule has 3 aliphatic rings. The maximum atomic E-state index is 12.7. The second-order valence-corrected chi connectivity index (χ2v) is 7.59. The summed E-state index contributed by atoms with van der Waals surface area (Å²) in [6.45, 7) is 2.60. The highest BCUT2D eigenvalue weighted by Gasteiger charge is 2.62. The van der Waals surface area contributed by atoms with E-state index in [1.807, 2.05) is 0 Å². The van der Waals surface area contributed by atoms with Crippen molar-refractivity contribution in [3.63, 3.8) is 0 Å². The largest absolute Gasteiger partial charge is 0.454 e. The highest BCUT2D eigenvalue weighted by atomic mass is 16.5. The van der Waals surface area contributed by atoms with Crippen LogP contribution in [0.25, 0.3) is 0 Å². The zero-order valence-corrected chi connectivity index (χ0v) is 15.1. The standard InChI is InChI=1S/C18H21N3O6/c1-8-5-12(20-27-8)19-13(22)7-26-18(25)9(2)21-16(23)14-10-3-4-11(6-10)15(14)17(21)24/h5,9-11,14-15H,3-4,6-7H2,1-2H3,(H,19,20,22)/t9-,10-,11-,14-,15-/m0/s1. The summed E-state index contributed by atoms with van der Waals surface area (Å²) < 4.78 is 9.81. The molecule has 1 N–H and O–H groups in total.